The normalized spacial score (nSPS) is 23.8. The number of nitrogens with zero attached hydrogens (tertiary/aromatic N) is 1. The molecule has 1 aliphatic carbocycles. The Kier molecular flexibility index (Phi) is 6.24. The molecule has 3 atom stereocenters. The number of likely N-dealkylation sites (tertiary alicyclic amines) is 1. The first-order valence-corrected chi connectivity index (χ1v) is 11.8. The number of hydrogen-bond donors (Lipinski definition) is 2. The average molecular weight is 465 g/mol. The Hall–Kier alpha value is -3.39. The number of piperidine rings is 1. The molecule has 0 bridgehead atoms. The molecule has 2 amide bonds. The average Bonchev–Trinajstić information content (AvgIpc) is 3.44. The summed E-state index contributed by atoms with van der Waals surface area (Å²) in [6, 6.07) is 15.7. The second-order valence-electron chi connectivity index (χ2n) is 9.12. The van der Waals surface area contributed by atoms with Gasteiger partial charge < -0.3 is 24.8 Å². The molecule has 8 heteroatoms. The highest BCUT2D eigenvalue weighted by Gasteiger charge is 2.40. The van der Waals surface area contributed by atoms with Crippen LogP contribution in [0.1, 0.15) is 36.3 Å². The van der Waals surface area contributed by atoms with Gasteiger partial charge in [0.25, 0.3) is 5.91 Å². The van der Waals surface area contributed by atoms with Crippen molar-refractivity contribution in [1.82, 2.24) is 10.2 Å². The fraction of sp³-hybridized carbons (Fsp3) is 0.423. The molecule has 2 aliphatic heterocycles. The number of nitrogens with one attached hydrogen (secondary N) is 1. The molecule has 0 radical (unpaired) electrons. The number of fused-ring (bicyclic) bond motifs is 3. The molecule has 5 rings (SSSR count). The molecule has 2 saturated heterocycles. The number of ether oxygens (including phenoxy) is 2. The number of carbonyl (C=O) groups excluding carboxylic acids is 2. The molecule has 2 N–H and O–H groups in total. The van der Waals surface area contributed by atoms with E-state index in [4.69, 9.17) is 9.47 Å². The van der Waals surface area contributed by atoms with E-state index >= 15 is 0 Å². The Morgan fingerprint density at radius 1 is 1.03 bits per heavy atom. The molecule has 3 aliphatic rings. The topological polar surface area (TPSA) is 105 Å². The van der Waals surface area contributed by atoms with Crippen LogP contribution in [0.4, 0.5) is 4.79 Å². The first-order chi connectivity index (χ1) is 16.5. The summed E-state index contributed by atoms with van der Waals surface area (Å²) in [5, 5.41) is 12.1. The van der Waals surface area contributed by atoms with Gasteiger partial charge in [-0.05, 0) is 41.5 Å². The molecule has 2 aromatic rings. The zero-order chi connectivity index (χ0) is 23.7. The fourth-order valence-electron chi connectivity index (χ4n) is 5.33. The van der Waals surface area contributed by atoms with Crippen molar-refractivity contribution in [3.05, 3.63) is 59.7 Å². The van der Waals surface area contributed by atoms with Crippen LogP contribution in [-0.2, 0) is 19.1 Å². The Morgan fingerprint density at radius 3 is 2.38 bits per heavy atom. The van der Waals surface area contributed by atoms with Gasteiger partial charge in [0.05, 0.1) is 12.0 Å². The molecule has 2 heterocycles. The number of carboxylic acid groups (broad SMARTS) is 1. The van der Waals surface area contributed by atoms with Crippen molar-refractivity contribution < 1.29 is 29.0 Å². The van der Waals surface area contributed by atoms with Gasteiger partial charge in [0.1, 0.15) is 6.61 Å². The van der Waals surface area contributed by atoms with Crippen molar-refractivity contribution in [1.29, 1.82) is 0 Å². The lowest BCUT2D eigenvalue weighted by Crippen LogP contribution is -2.52. The minimum Gasteiger partial charge on any atom is -0.481 e. The van der Waals surface area contributed by atoms with E-state index in [1.54, 1.807) is 4.90 Å². The maximum Gasteiger partial charge on any atom is 0.407 e. The standard InChI is InChI=1S/C26H28N2O6/c29-24(28-12-5-6-16(14-28)25(30)31)23-22(11-13-33-23)27-26(32)34-15-21-19-9-3-1-7-17(19)18-8-2-4-10-20(18)21/h1-4,7-10,16,21-23H,5-6,11-15H2,(H,27,32)(H,30,31)/t16?,22-,23+/m1/s1. The van der Waals surface area contributed by atoms with Crippen LogP contribution in [0.3, 0.4) is 0 Å². The Bertz CT molecular complexity index is 1060. The molecule has 8 nitrogen and oxygen atoms in total. The highest BCUT2D eigenvalue weighted by Crippen LogP contribution is 2.44. The van der Waals surface area contributed by atoms with Gasteiger partial charge in [-0.2, -0.15) is 0 Å². The molecule has 0 aromatic heterocycles. The quantitative estimate of drug-likeness (QED) is 0.705. The van der Waals surface area contributed by atoms with Crippen LogP contribution in [-0.4, -0.2) is 66.4 Å². The van der Waals surface area contributed by atoms with Gasteiger partial charge in [-0.25, -0.2) is 4.79 Å². The lowest BCUT2D eigenvalue weighted by molar-refractivity contribution is -0.149. The van der Waals surface area contributed by atoms with E-state index < -0.39 is 30.1 Å². The van der Waals surface area contributed by atoms with Gasteiger partial charge in [-0.1, -0.05) is 48.5 Å². The van der Waals surface area contributed by atoms with Gasteiger partial charge in [0.15, 0.2) is 6.10 Å². The second kappa shape index (κ2) is 9.46. The number of benzene rings is 2. The Labute approximate surface area is 197 Å². The van der Waals surface area contributed by atoms with Crippen LogP contribution < -0.4 is 5.32 Å². The maximum atomic E-state index is 13.0. The summed E-state index contributed by atoms with van der Waals surface area (Å²) in [6.45, 7) is 1.21. The smallest absolute Gasteiger partial charge is 0.407 e. The number of rotatable bonds is 5. The summed E-state index contributed by atoms with van der Waals surface area (Å²) in [5.74, 6) is -1.77. The second-order valence-corrected chi connectivity index (χ2v) is 9.12. The van der Waals surface area contributed by atoms with Crippen molar-refractivity contribution in [2.24, 2.45) is 5.92 Å². The minimum atomic E-state index is -0.891. The molecule has 2 aromatic carbocycles. The highest BCUT2D eigenvalue weighted by atomic mass is 16.6. The van der Waals surface area contributed by atoms with Gasteiger partial charge in [-0.15, -0.1) is 0 Å². The molecule has 2 fully saturated rings. The number of aliphatic carboxylic acids is 1. The summed E-state index contributed by atoms with van der Waals surface area (Å²) < 4.78 is 11.3. The van der Waals surface area contributed by atoms with E-state index in [1.165, 1.54) is 0 Å². The maximum absolute atomic E-state index is 13.0. The largest absolute Gasteiger partial charge is 0.481 e. The first kappa shape index (κ1) is 22.4. The van der Waals surface area contributed by atoms with Crippen LogP contribution in [0.5, 0.6) is 0 Å². The van der Waals surface area contributed by atoms with Crippen LogP contribution in [0.15, 0.2) is 48.5 Å². The Morgan fingerprint density at radius 2 is 1.71 bits per heavy atom. The number of carboxylic acids is 1. The third kappa shape index (κ3) is 4.25. The van der Waals surface area contributed by atoms with Crippen LogP contribution >= 0.6 is 0 Å². The van der Waals surface area contributed by atoms with Crippen molar-refractivity contribution in [3.8, 4) is 11.1 Å². The van der Waals surface area contributed by atoms with Crippen molar-refractivity contribution in [2.75, 3.05) is 26.3 Å². The number of amides is 2. The molecule has 0 spiro atoms. The summed E-state index contributed by atoms with van der Waals surface area (Å²) in [4.78, 5) is 38.6. The van der Waals surface area contributed by atoms with Crippen molar-refractivity contribution in [2.45, 2.75) is 37.3 Å². The Balaban J connectivity index is 1.20. The van der Waals surface area contributed by atoms with Gasteiger partial charge >= 0.3 is 12.1 Å². The van der Waals surface area contributed by atoms with Gasteiger partial charge in [-0.3, -0.25) is 9.59 Å². The number of hydrogen-bond acceptors (Lipinski definition) is 5. The lowest BCUT2D eigenvalue weighted by Gasteiger charge is -2.33. The van der Waals surface area contributed by atoms with E-state index in [0.29, 0.717) is 32.4 Å². The predicted molar refractivity (Wildman–Crippen MR) is 123 cm³/mol. The lowest BCUT2D eigenvalue weighted by atomic mass is 9.97. The van der Waals surface area contributed by atoms with E-state index in [1.807, 2.05) is 24.3 Å². The summed E-state index contributed by atoms with van der Waals surface area (Å²) >= 11 is 0. The van der Waals surface area contributed by atoms with Gasteiger partial charge in [0.2, 0.25) is 0 Å². The molecule has 0 saturated carbocycles. The van der Waals surface area contributed by atoms with E-state index in [0.717, 1.165) is 22.3 Å². The third-order valence-corrected chi connectivity index (χ3v) is 7.06. The molecular weight excluding hydrogens is 436 g/mol. The number of carbonyl (C=O) groups is 3. The highest BCUT2D eigenvalue weighted by molar-refractivity contribution is 5.84. The van der Waals surface area contributed by atoms with E-state index in [-0.39, 0.29) is 25.0 Å². The number of alkyl carbamates (subject to hydrolysis) is 1. The SMILES string of the molecule is O=C(N[C@@H]1CCO[C@@H]1C(=O)N1CCCC(C(=O)O)C1)OCC1c2ccccc2-c2ccccc21. The zero-order valence-electron chi connectivity index (χ0n) is 18.8. The van der Waals surface area contributed by atoms with Crippen LogP contribution in [0.2, 0.25) is 0 Å². The minimum absolute atomic E-state index is 0.0447. The molecule has 1 unspecified atom stereocenters. The molecular formula is C26H28N2O6. The summed E-state index contributed by atoms with van der Waals surface area (Å²) in [6.07, 6.45) is 0.285. The van der Waals surface area contributed by atoms with E-state index in [9.17, 15) is 19.5 Å². The van der Waals surface area contributed by atoms with Gasteiger partial charge in [0, 0.05) is 25.6 Å². The fourth-order valence-corrected chi connectivity index (χ4v) is 5.33. The van der Waals surface area contributed by atoms with Crippen molar-refractivity contribution >= 4 is 18.0 Å². The summed E-state index contributed by atoms with van der Waals surface area (Å²) in [7, 11) is 0. The first-order valence-electron chi connectivity index (χ1n) is 11.8. The monoisotopic (exact) mass is 464 g/mol. The third-order valence-electron chi connectivity index (χ3n) is 7.06. The zero-order valence-corrected chi connectivity index (χ0v) is 18.8. The predicted octanol–water partition coefficient (Wildman–Crippen LogP) is 3.01. The molecule has 34 heavy (non-hydrogen) atoms. The summed E-state index contributed by atoms with van der Waals surface area (Å²) in [5.41, 5.74) is 4.57. The van der Waals surface area contributed by atoms with Crippen molar-refractivity contribution in [3.63, 3.8) is 0 Å². The van der Waals surface area contributed by atoms with E-state index in [2.05, 4.69) is 29.6 Å². The van der Waals surface area contributed by atoms with Crippen LogP contribution in [0.25, 0.3) is 11.1 Å². The molecule has 178 valence electrons. The van der Waals surface area contributed by atoms with Crippen LogP contribution in [0, 0.1) is 5.92 Å².